The molecule has 1 atom stereocenters. The van der Waals surface area contributed by atoms with Crippen molar-refractivity contribution in [1.29, 1.82) is 0 Å². The normalized spacial score (nSPS) is 18.3. The highest BCUT2D eigenvalue weighted by Gasteiger charge is 2.18. The highest BCUT2D eigenvalue weighted by molar-refractivity contribution is 5.49. The van der Waals surface area contributed by atoms with Crippen LogP contribution in [0.2, 0.25) is 0 Å². The first-order chi connectivity index (χ1) is 9.20. The van der Waals surface area contributed by atoms with E-state index < -0.39 is 6.10 Å². The topological polar surface area (TPSA) is 49.5 Å². The molecule has 1 fully saturated rings. The Labute approximate surface area is 116 Å². The van der Waals surface area contributed by atoms with Crippen molar-refractivity contribution in [3.8, 4) is 0 Å². The lowest BCUT2D eigenvalue weighted by atomic mass is 9.94. The van der Waals surface area contributed by atoms with E-state index in [4.69, 9.17) is 5.73 Å². The van der Waals surface area contributed by atoms with Gasteiger partial charge < -0.3 is 15.7 Å². The van der Waals surface area contributed by atoms with Crippen molar-refractivity contribution >= 4 is 5.69 Å². The minimum atomic E-state index is -0.435. The van der Waals surface area contributed by atoms with Gasteiger partial charge in [-0.1, -0.05) is 31.4 Å². The Balaban J connectivity index is 2.04. The summed E-state index contributed by atoms with van der Waals surface area (Å²) in [5.41, 5.74) is 7.90. The van der Waals surface area contributed by atoms with E-state index in [1.54, 1.807) is 0 Å². The summed E-state index contributed by atoms with van der Waals surface area (Å²) in [6.45, 7) is 0.322. The van der Waals surface area contributed by atoms with Gasteiger partial charge >= 0.3 is 0 Å². The van der Waals surface area contributed by atoms with E-state index in [2.05, 4.69) is 36.2 Å². The summed E-state index contributed by atoms with van der Waals surface area (Å²) in [7, 11) is 2.19. The smallest absolute Gasteiger partial charge is 0.0702 e. The standard InChI is InChI=1S/C16H26N2O/c1-18(14-7-3-2-4-8-14)15-9-5-6-13(10-15)11-16(19)12-17/h5-6,9-10,14,16,19H,2-4,7-8,11-12,17H2,1H3. The van der Waals surface area contributed by atoms with Crippen LogP contribution < -0.4 is 10.6 Å². The highest BCUT2D eigenvalue weighted by Crippen LogP contribution is 2.26. The van der Waals surface area contributed by atoms with Crippen LogP contribution in [0, 0.1) is 0 Å². The molecule has 1 saturated carbocycles. The molecule has 0 radical (unpaired) electrons. The summed E-state index contributed by atoms with van der Waals surface area (Å²) < 4.78 is 0. The van der Waals surface area contributed by atoms with E-state index in [0.717, 1.165) is 5.56 Å². The van der Waals surface area contributed by atoms with Gasteiger partial charge in [-0.3, -0.25) is 0 Å². The van der Waals surface area contributed by atoms with Crippen LogP contribution in [0.4, 0.5) is 5.69 Å². The number of aliphatic hydroxyl groups is 1. The quantitative estimate of drug-likeness (QED) is 0.856. The van der Waals surface area contributed by atoms with Crippen molar-refractivity contribution < 1.29 is 5.11 Å². The molecule has 106 valence electrons. The maximum atomic E-state index is 9.65. The summed E-state index contributed by atoms with van der Waals surface area (Å²) >= 11 is 0. The van der Waals surface area contributed by atoms with E-state index in [9.17, 15) is 5.11 Å². The lowest BCUT2D eigenvalue weighted by Crippen LogP contribution is -2.33. The van der Waals surface area contributed by atoms with Crippen molar-refractivity contribution in [2.75, 3.05) is 18.5 Å². The first kappa shape index (κ1) is 14.4. The molecule has 1 unspecified atom stereocenters. The molecule has 0 heterocycles. The third-order valence-corrected chi connectivity index (χ3v) is 4.18. The molecule has 3 nitrogen and oxygen atoms in total. The molecule has 0 saturated heterocycles. The first-order valence-electron chi connectivity index (χ1n) is 7.40. The lowest BCUT2D eigenvalue weighted by molar-refractivity contribution is 0.183. The van der Waals surface area contributed by atoms with Crippen LogP contribution in [-0.2, 0) is 6.42 Å². The molecule has 0 aliphatic heterocycles. The average molecular weight is 262 g/mol. The van der Waals surface area contributed by atoms with Crippen LogP contribution in [0.5, 0.6) is 0 Å². The summed E-state index contributed by atoms with van der Waals surface area (Å²) in [6.07, 6.45) is 6.88. The van der Waals surface area contributed by atoms with Crippen LogP contribution in [0.3, 0.4) is 0 Å². The number of aliphatic hydroxyl groups excluding tert-OH is 1. The van der Waals surface area contributed by atoms with E-state index in [1.807, 2.05) is 0 Å². The molecule has 0 spiro atoms. The van der Waals surface area contributed by atoms with Crippen LogP contribution in [0.1, 0.15) is 37.7 Å². The molecule has 1 aromatic rings. The Morgan fingerprint density at radius 2 is 2.05 bits per heavy atom. The van der Waals surface area contributed by atoms with Crippen LogP contribution in [0.15, 0.2) is 24.3 Å². The first-order valence-corrected chi connectivity index (χ1v) is 7.40. The number of rotatable bonds is 5. The summed E-state index contributed by atoms with van der Waals surface area (Å²) in [6, 6.07) is 9.16. The van der Waals surface area contributed by atoms with Gasteiger partial charge in [0.1, 0.15) is 0 Å². The predicted octanol–water partition coefficient (Wildman–Crippen LogP) is 2.32. The number of hydrogen-bond donors (Lipinski definition) is 2. The van der Waals surface area contributed by atoms with E-state index in [-0.39, 0.29) is 0 Å². The van der Waals surface area contributed by atoms with Gasteiger partial charge in [0.05, 0.1) is 6.10 Å². The maximum absolute atomic E-state index is 9.65. The monoisotopic (exact) mass is 262 g/mol. The molecule has 2 rings (SSSR count). The zero-order valence-electron chi connectivity index (χ0n) is 11.9. The molecular weight excluding hydrogens is 236 g/mol. The van der Waals surface area contributed by atoms with Crippen molar-refractivity contribution in [3.63, 3.8) is 0 Å². The molecule has 0 bridgehead atoms. The van der Waals surface area contributed by atoms with Gasteiger partial charge in [0.2, 0.25) is 0 Å². The van der Waals surface area contributed by atoms with Crippen molar-refractivity contribution in [2.45, 2.75) is 50.7 Å². The fourth-order valence-electron chi connectivity index (χ4n) is 2.94. The van der Waals surface area contributed by atoms with Crippen LogP contribution >= 0.6 is 0 Å². The summed E-state index contributed by atoms with van der Waals surface area (Å²) in [5, 5.41) is 9.65. The van der Waals surface area contributed by atoms with Crippen molar-refractivity contribution in [1.82, 2.24) is 0 Å². The second-order valence-corrected chi connectivity index (χ2v) is 5.67. The second-order valence-electron chi connectivity index (χ2n) is 5.67. The molecule has 3 heteroatoms. The number of benzene rings is 1. The SMILES string of the molecule is CN(c1cccc(CC(O)CN)c1)C1CCCCC1. The fourth-order valence-corrected chi connectivity index (χ4v) is 2.94. The number of hydrogen-bond acceptors (Lipinski definition) is 3. The molecule has 3 N–H and O–H groups in total. The Kier molecular flexibility index (Phi) is 5.23. The van der Waals surface area contributed by atoms with Gasteiger partial charge in [0.15, 0.2) is 0 Å². The third kappa shape index (κ3) is 3.95. The lowest BCUT2D eigenvalue weighted by Gasteiger charge is -2.33. The Morgan fingerprint density at radius 3 is 2.74 bits per heavy atom. The van der Waals surface area contributed by atoms with Crippen molar-refractivity contribution in [3.05, 3.63) is 29.8 Å². The van der Waals surface area contributed by atoms with Gasteiger partial charge in [-0.2, -0.15) is 0 Å². The molecule has 1 aliphatic carbocycles. The summed E-state index contributed by atoms with van der Waals surface area (Å²) in [4.78, 5) is 2.40. The zero-order valence-corrected chi connectivity index (χ0v) is 11.9. The van der Waals surface area contributed by atoms with Gasteiger partial charge in [-0.05, 0) is 37.0 Å². The second kappa shape index (κ2) is 6.92. The highest BCUT2D eigenvalue weighted by atomic mass is 16.3. The molecule has 1 aliphatic rings. The minimum absolute atomic E-state index is 0.322. The van der Waals surface area contributed by atoms with Crippen LogP contribution in [0.25, 0.3) is 0 Å². The van der Waals surface area contributed by atoms with Gasteiger partial charge in [-0.25, -0.2) is 0 Å². The largest absolute Gasteiger partial charge is 0.391 e. The number of nitrogens with two attached hydrogens (primary N) is 1. The average Bonchev–Trinajstić information content (AvgIpc) is 2.47. The van der Waals surface area contributed by atoms with Crippen LogP contribution in [-0.4, -0.2) is 30.8 Å². The zero-order chi connectivity index (χ0) is 13.7. The fraction of sp³-hybridized carbons (Fsp3) is 0.625. The third-order valence-electron chi connectivity index (χ3n) is 4.18. The van der Waals surface area contributed by atoms with Crippen molar-refractivity contribution in [2.24, 2.45) is 5.73 Å². The van der Waals surface area contributed by atoms with Gasteiger partial charge in [-0.15, -0.1) is 0 Å². The minimum Gasteiger partial charge on any atom is -0.391 e. The molecule has 1 aromatic carbocycles. The predicted molar refractivity (Wildman–Crippen MR) is 80.5 cm³/mol. The van der Waals surface area contributed by atoms with E-state index in [0.29, 0.717) is 19.0 Å². The molecular formula is C16H26N2O. The maximum Gasteiger partial charge on any atom is 0.0702 e. The molecule has 0 amide bonds. The van der Waals surface area contributed by atoms with E-state index >= 15 is 0 Å². The Bertz CT molecular complexity index is 388. The molecule has 0 aromatic heterocycles. The van der Waals surface area contributed by atoms with Gasteiger partial charge in [0.25, 0.3) is 0 Å². The Hall–Kier alpha value is -1.06. The van der Waals surface area contributed by atoms with E-state index in [1.165, 1.54) is 37.8 Å². The molecule has 19 heavy (non-hydrogen) atoms. The van der Waals surface area contributed by atoms with Gasteiger partial charge in [0, 0.05) is 25.3 Å². The Morgan fingerprint density at radius 1 is 1.32 bits per heavy atom. The number of anilines is 1. The number of nitrogens with zero attached hydrogens (tertiary/aromatic N) is 1. The summed E-state index contributed by atoms with van der Waals surface area (Å²) in [5.74, 6) is 0.